The summed E-state index contributed by atoms with van der Waals surface area (Å²) in [6, 6.07) is 20.3. The van der Waals surface area contributed by atoms with Gasteiger partial charge in [-0.05, 0) is 33.3 Å². The Morgan fingerprint density at radius 1 is 0.841 bits per heavy atom. The molecule has 0 fully saturated rings. The minimum atomic E-state index is -1.50. The van der Waals surface area contributed by atoms with E-state index in [0.717, 1.165) is 0 Å². The second kappa shape index (κ2) is 14.0. The Balaban J connectivity index is 1.62. The Kier molecular flexibility index (Phi) is 9.98. The minimum absolute atomic E-state index is 0.0253. The Morgan fingerprint density at radius 3 is 1.86 bits per heavy atom. The molecule has 0 saturated carbocycles. The number of anilines is 1. The number of amides is 1. The first-order valence-electron chi connectivity index (χ1n) is 13.9. The van der Waals surface area contributed by atoms with Gasteiger partial charge in [-0.15, -0.1) is 0 Å². The lowest BCUT2D eigenvalue weighted by molar-refractivity contribution is -0.153. The van der Waals surface area contributed by atoms with Crippen LogP contribution >= 0.6 is 0 Å². The quantitative estimate of drug-likeness (QED) is 0.244. The number of dihydropyridines is 1. The summed E-state index contributed by atoms with van der Waals surface area (Å²) in [4.78, 5) is 52.2. The van der Waals surface area contributed by atoms with Crippen LogP contribution in [-0.4, -0.2) is 43.6 Å². The summed E-state index contributed by atoms with van der Waals surface area (Å²) >= 11 is 0. The first-order chi connectivity index (χ1) is 21.2. The molecule has 1 aromatic heterocycles. The van der Waals surface area contributed by atoms with Crippen LogP contribution in [0.3, 0.4) is 0 Å². The van der Waals surface area contributed by atoms with Crippen LogP contribution in [0, 0.1) is 17.2 Å². The van der Waals surface area contributed by atoms with Crippen molar-refractivity contribution in [2.24, 2.45) is 5.92 Å². The summed E-state index contributed by atoms with van der Waals surface area (Å²) in [5, 5.41) is 15.5. The summed E-state index contributed by atoms with van der Waals surface area (Å²) in [5.74, 6) is -4.76. The van der Waals surface area contributed by atoms with E-state index in [9.17, 15) is 24.4 Å². The van der Waals surface area contributed by atoms with Gasteiger partial charge >= 0.3 is 17.9 Å². The first-order valence-corrected chi connectivity index (χ1v) is 13.9. The molecule has 4 rings (SSSR count). The molecular weight excluding hydrogens is 566 g/mol. The Labute approximate surface area is 254 Å². The predicted octanol–water partition coefficient (Wildman–Crippen LogP) is 4.86. The fraction of sp³-hybridized carbons (Fsp3) is 0.242. The SMILES string of the molecule is CCOC(=O)C1=C(C)NC(C)=C(C(=O)OCC)C1C(=O)OCC(=O)Nc1oc(-c2ccccc2)c(-c2ccccc2)c1C#N. The number of benzene rings is 2. The number of allylic oxidation sites excluding steroid dienone is 2. The number of nitriles is 1. The lowest BCUT2D eigenvalue weighted by Crippen LogP contribution is -2.39. The largest absolute Gasteiger partial charge is 0.463 e. The molecule has 44 heavy (non-hydrogen) atoms. The fourth-order valence-corrected chi connectivity index (χ4v) is 4.87. The van der Waals surface area contributed by atoms with Crippen LogP contribution < -0.4 is 10.6 Å². The van der Waals surface area contributed by atoms with Crippen molar-refractivity contribution in [3.05, 3.63) is 88.8 Å². The molecule has 2 heterocycles. The normalized spacial score (nSPS) is 13.1. The van der Waals surface area contributed by atoms with E-state index in [-0.39, 0.29) is 47.2 Å². The number of carbonyl (C=O) groups is 4. The van der Waals surface area contributed by atoms with Gasteiger partial charge in [-0.1, -0.05) is 60.7 Å². The summed E-state index contributed by atoms with van der Waals surface area (Å²) in [6.45, 7) is 5.56. The van der Waals surface area contributed by atoms with Gasteiger partial charge in [-0.25, -0.2) is 9.59 Å². The molecule has 226 valence electrons. The van der Waals surface area contributed by atoms with E-state index in [1.165, 1.54) is 0 Å². The van der Waals surface area contributed by atoms with Gasteiger partial charge in [0.2, 0.25) is 5.88 Å². The van der Waals surface area contributed by atoms with Gasteiger partial charge in [0.05, 0.1) is 24.4 Å². The van der Waals surface area contributed by atoms with Crippen molar-refractivity contribution in [2.45, 2.75) is 27.7 Å². The van der Waals surface area contributed by atoms with Crippen LogP contribution in [0.2, 0.25) is 0 Å². The molecule has 3 aromatic rings. The maximum atomic E-state index is 13.4. The van der Waals surface area contributed by atoms with Crippen LogP contribution in [-0.2, 0) is 33.4 Å². The maximum Gasteiger partial charge on any atom is 0.337 e. The summed E-state index contributed by atoms with van der Waals surface area (Å²) in [5.41, 5.74) is 2.26. The third kappa shape index (κ3) is 6.55. The number of furan rings is 1. The van der Waals surface area contributed by atoms with Gasteiger partial charge < -0.3 is 23.9 Å². The van der Waals surface area contributed by atoms with Gasteiger partial charge in [0.25, 0.3) is 5.91 Å². The van der Waals surface area contributed by atoms with Crippen molar-refractivity contribution in [3.63, 3.8) is 0 Å². The maximum absolute atomic E-state index is 13.4. The monoisotopic (exact) mass is 597 g/mol. The van der Waals surface area contributed by atoms with Crippen molar-refractivity contribution in [3.8, 4) is 28.5 Å². The average Bonchev–Trinajstić information content (AvgIpc) is 3.38. The number of nitrogens with one attached hydrogen (secondary N) is 2. The number of esters is 3. The second-order valence-corrected chi connectivity index (χ2v) is 9.59. The van der Waals surface area contributed by atoms with Crippen LogP contribution in [0.1, 0.15) is 33.3 Å². The zero-order chi connectivity index (χ0) is 31.8. The van der Waals surface area contributed by atoms with Crippen LogP contribution in [0.15, 0.2) is 87.6 Å². The minimum Gasteiger partial charge on any atom is -0.463 e. The molecular formula is C33H31N3O8. The summed E-state index contributed by atoms with van der Waals surface area (Å²) < 4.78 is 21.6. The van der Waals surface area contributed by atoms with E-state index < -0.39 is 36.3 Å². The molecule has 0 saturated heterocycles. The van der Waals surface area contributed by atoms with Crippen molar-refractivity contribution < 1.29 is 37.8 Å². The molecule has 2 aromatic carbocycles. The number of nitrogens with zero attached hydrogens (tertiary/aromatic N) is 1. The molecule has 0 aliphatic carbocycles. The van der Waals surface area contributed by atoms with Crippen molar-refractivity contribution in [1.82, 2.24) is 5.32 Å². The molecule has 0 atom stereocenters. The number of rotatable bonds is 10. The average molecular weight is 598 g/mol. The van der Waals surface area contributed by atoms with E-state index in [1.807, 2.05) is 60.7 Å². The van der Waals surface area contributed by atoms with E-state index in [2.05, 4.69) is 16.7 Å². The van der Waals surface area contributed by atoms with Gasteiger partial charge in [0.15, 0.2) is 6.61 Å². The fourth-order valence-electron chi connectivity index (χ4n) is 4.87. The molecule has 0 bridgehead atoms. The van der Waals surface area contributed by atoms with Gasteiger partial charge in [0, 0.05) is 22.5 Å². The molecule has 0 spiro atoms. The van der Waals surface area contributed by atoms with Gasteiger partial charge in [-0.3, -0.25) is 14.9 Å². The van der Waals surface area contributed by atoms with Crippen molar-refractivity contribution in [2.75, 3.05) is 25.1 Å². The number of ether oxygens (including phenoxy) is 3. The standard InChI is InChI=1S/C33H31N3O8/c1-5-41-31(38)25-19(3)35-20(4)26(32(39)42-6-2)28(25)33(40)43-18-24(37)36-30-23(17-34)27(21-13-9-7-10-14-21)29(44-30)22-15-11-8-12-16-22/h7-16,28,35H,5-6,18H2,1-4H3,(H,36,37). The lowest BCUT2D eigenvalue weighted by atomic mass is 9.85. The highest BCUT2D eigenvalue weighted by Crippen LogP contribution is 2.41. The molecule has 0 radical (unpaired) electrons. The third-order valence-corrected chi connectivity index (χ3v) is 6.70. The van der Waals surface area contributed by atoms with Gasteiger partial charge in [0.1, 0.15) is 23.3 Å². The molecule has 1 amide bonds. The topological polar surface area (TPSA) is 157 Å². The Morgan fingerprint density at radius 2 is 1.36 bits per heavy atom. The number of hydrogen-bond acceptors (Lipinski definition) is 10. The molecule has 1 aliphatic heterocycles. The Bertz CT molecular complexity index is 1640. The highest BCUT2D eigenvalue weighted by Gasteiger charge is 2.42. The molecule has 11 heteroatoms. The second-order valence-electron chi connectivity index (χ2n) is 9.59. The zero-order valence-corrected chi connectivity index (χ0v) is 24.7. The Hall–Kier alpha value is -5.63. The highest BCUT2D eigenvalue weighted by molar-refractivity contribution is 6.06. The number of carbonyl (C=O) groups excluding carboxylic acids is 4. The lowest BCUT2D eigenvalue weighted by Gasteiger charge is -2.28. The summed E-state index contributed by atoms with van der Waals surface area (Å²) in [6.07, 6.45) is 0. The van der Waals surface area contributed by atoms with Crippen molar-refractivity contribution in [1.29, 1.82) is 5.26 Å². The van der Waals surface area contributed by atoms with Crippen molar-refractivity contribution >= 4 is 29.7 Å². The van der Waals surface area contributed by atoms with E-state index in [0.29, 0.717) is 22.5 Å². The third-order valence-electron chi connectivity index (χ3n) is 6.70. The van der Waals surface area contributed by atoms with Crippen LogP contribution in [0.5, 0.6) is 0 Å². The van der Waals surface area contributed by atoms with E-state index >= 15 is 0 Å². The molecule has 2 N–H and O–H groups in total. The van der Waals surface area contributed by atoms with Gasteiger partial charge in [-0.2, -0.15) is 5.26 Å². The van der Waals surface area contributed by atoms with E-state index in [4.69, 9.17) is 18.6 Å². The van der Waals surface area contributed by atoms with Crippen LogP contribution in [0.4, 0.5) is 5.88 Å². The number of hydrogen-bond donors (Lipinski definition) is 2. The molecule has 0 unspecified atom stereocenters. The highest BCUT2D eigenvalue weighted by atomic mass is 16.5. The molecule has 1 aliphatic rings. The zero-order valence-electron chi connectivity index (χ0n) is 24.7. The smallest absolute Gasteiger partial charge is 0.337 e. The summed E-state index contributed by atoms with van der Waals surface area (Å²) in [7, 11) is 0. The van der Waals surface area contributed by atoms with Crippen LogP contribution in [0.25, 0.3) is 22.5 Å². The predicted molar refractivity (Wildman–Crippen MR) is 159 cm³/mol. The van der Waals surface area contributed by atoms with E-state index in [1.54, 1.807) is 27.7 Å². The molecule has 11 nitrogen and oxygen atoms in total. The first kappa shape index (κ1) is 31.3.